The van der Waals surface area contributed by atoms with Gasteiger partial charge in [-0.2, -0.15) is 0 Å². The average molecular weight is 407 g/mol. The fraction of sp³-hybridized carbons (Fsp3) is 0.562. The van der Waals surface area contributed by atoms with Crippen molar-refractivity contribution in [2.45, 2.75) is 31.0 Å². The number of morpholine rings is 1. The van der Waals surface area contributed by atoms with Crippen LogP contribution in [0, 0.1) is 0 Å². The first-order valence-corrected chi connectivity index (χ1v) is 9.34. The Hall–Kier alpha value is -1.71. The van der Waals surface area contributed by atoms with Crippen LogP contribution in [0.4, 0.5) is 5.82 Å². The maximum Gasteiger partial charge on any atom is 0.237 e. The molecule has 0 unspecified atom stereocenters. The second-order valence-corrected chi connectivity index (χ2v) is 7.73. The van der Waals surface area contributed by atoms with Gasteiger partial charge in [0.1, 0.15) is 22.0 Å². The van der Waals surface area contributed by atoms with Gasteiger partial charge in [-0.1, -0.05) is 0 Å². The Morgan fingerprint density at radius 2 is 2.12 bits per heavy atom. The molecule has 3 aliphatic rings. The third-order valence-corrected chi connectivity index (χ3v) is 5.87. The topological polar surface area (TPSA) is 89.0 Å². The van der Waals surface area contributed by atoms with Crippen molar-refractivity contribution in [1.29, 1.82) is 0 Å². The van der Waals surface area contributed by atoms with E-state index in [9.17, 15) is 4.79 Å². The molecule has 5 rings (SSSR count). The lowest BCUT2D eigenvalue weighted by Crippen LogP contribution is -2.61. The minimum atomic E-state index is -0.270. The van der Waals surface area contributed by atoms with Gasteiger partial charge in [-0.3, -0.25) is 14.1 Å². The van der Waals surface area contributed by atoms with Crippen molar-refractivity contribution in [3.8, 4) is 0 Å². The number of aromatic nitrogens is 3. The number of piperazine rings is 1. The summed E-state index contributed by atoms with van der Waals surface area (Å²) in [6.07, 6.45) is 5.63. The molecule has 1 aliphatic carbocycles. The fourth-order valence-corrected chi connectivity index (χ4v) is 4.47. The van der Waals surface area contributed by atoms with Gasteiger partial charge in [0, 0.05) is 25.0 Å². The van der Waals surface area contributed by atoms with E-state index in [0.717, 1.165) is 17.9 Å². The fourth-order valence-electron chi connectivity index (χ4n) is 3.90. The number of halogens is 1. The Morgan fingerprint density at radius 1 is 1.28 bits per heavy atom. The van der Waals surface area contributed by atoms with E-state index in [4.69, 9.17) is 10.5 Å². The van der Waals surface area contributed by atoms with Crippen LogP contribution in [0.2, 0.25) is 0 Å². The van der Waals surface area contributed by atoms with Crippen LogP contribution in [0.15, 0.2) is 17.0 Å². The summed E-state index contributed by atoms with van der Waals surface area (Å²) >= 11 is 3.45. The standard InChI is InChI=1S/C16H19BrN6O2/c17-14-13-15(18)19-3-4-22(13)16(20-14)11-6-23-10(8-25-11)5-21(7-12(23)24)9-1-2-9/h3-4,9-11H,1-2,5-8H2,(H2,18,19)/t10-,11-/m1/s1. The molecule has 1 saturated carbocycles. The summed E-state index contributed by atoms with van der Waals surface area (Å²) in [5, 5.41) is 0. The highest BCUT2D eigenvalue weighted by Gasteiger charge is 2.43. The van der Waals surface area contributed by atoms with E-state index in [1.54, 1.807) is 6.20 Å². The summed E-state index contributed by atoms with van der Waals surface area (Å²) in [6, 6.07) is 0.742. The molecule has 0 spiro atoms. The predicted octanol–water partition coefficient (Wildman–Crippen LogP) is 0.820. The van der Waals surface area contributed by atoms with Crippen LogP contribution < -0.4 is 5.73 Å². The molecule has 0 radical (unpaired) electrons. The number of nitrogens with two attached hydrogens (primary N) is 1. The summed E-state index contributed by atoms with van der Waals surface area (Å²) in [5.41, 5.74) is 6.69. The third-order valence-electron chi connectivity index (χ3n) is 5.32. The van der Waals surface area contributed by atoms with Crippen molar-refractivity contribution < 1.29 is 9.53 Å². The summed E-state index contributed by atoms with van der Waals surface area (Å²) in [6.45, 7) is 2.49. The molecular formula is C16H19BrN6O2. The molecule has 132 valence electrons. The van der Waals surface area contributed by atoms with Crippen molar-refractivity contribution >= 4 is 33.2 Å². The van der Waals surface area contributed by atoms with Crippen LogP contribution >= 0.6 is 15.9 Å². The van der Waals surface area contributed by atoms with Crippen LogP contribution in [-0.2, 0) is 9.53 Å². The Kier molecular flexibility index (Phi) is 3.51. The van der Waals surface area contributed by atoms with Crippen molar-refractivity contribution in [3.05, 3.63) is 22.8 Å². The first-order valence-electron chi connectivity index (χ1n) is 8.55. The molecule has 2 saturated heterocycles. The quantitative estimate of drug-likeness (QED) is 0.793. The van der Waals surface area contributed by atoms with E-state index < -0.39 is 0 Å². The minimum Gasteiger partial charge on any atom is -0.382 e. The summed E-state index contributed by atoms with van der Waals surface area (Å²) in [4.78, 5) is 25.6. The van der Waals surface area contributed by atoms with Gasteiger partial charge in [0.05, 0.1) is 25.7 Å². The number of carbonyl (C=O) groups excluding carboxylic acids is 1. The number of nitrogens with zero attached hydrogens (tertiary/aromatic N) is 5. The van der Waals surface area contributed by atoms with Crippen LogP contribution in [0.1, 0.15) is 24.8 Å². The smallest absolute Gasteiger partial charge is 0.237 e. The van der Waals surface area contributed by atoms with Crippen molar-refractivity contribution in [1.82, 2.24) is 24.2 Å². The number of amides is 1. The first-order chi connectivity index (χ1) is 12.1. The van der Waals surface area contributed by atoms with E-state index in [0.29, 0.717) is 36.2 Å². The lowest BCUT2D eigenvalue weighted by atomic mass is 10.1. The highest BCUT2D eigenvalue weighted by molar-refractivity contribution is 9.10. The zero-order valence-corrected chi connectivity index (χ0v) is 15.2. The van der Waals surface area contributed by atoms with E-state index >= 15 is 0 Å². The van der Waals surface area contributed by atoms with Crippen LogP contribution in [0.3, 0.4) is 0 Å². The number of fused-ring (bicyclic) bond motifs is 2. The van der Waals surface area contributed by atoms with Gasteiger partial charge in [0.2, 0.25) is 5.91 Å². The number of nitrogen functional groups attached to an aromatic ring is 1. The Balaban J connectivity index is 1.42. The minimum absolute atomic E-state index is 0.138. The molecular weight excluding hydrogens is 388 g/mol. The monoisotopic (exact) mass is 406 g/mol. The number of carbonyl (C=O) groups is 1. The molecule has 3 fully saturated rings. The molecule has 0 aromatic carbocycles. The van der Waals surface area contributed by atoms with E-state index in [2.05, 4.69) is 30.8 Å². The van der Waals surface area contributed by atoms with E-state index in [-0.39, 0.29) is 18.1 Å². The molecule has 2 aromatic heterocycles. The maximum atomic E-state index is 12.6. The molecule has 2 N–H and O–H groups in total. The van der Waals surface area contributed by atoms with Gasteiger partial charge in [0.15, 0.2) is 5.82 Å². The molecule has 2 aliphatic heterocycles. The average Bonchev–Trinajstić information content (AvgIpc) is 3.39. The maximum absolute atomic E-state index is 12.6. The zero-order chi connectivity index (χ0) is 17.1. The predicted molar refractivity (Wildman–Crippen MR) is 93.9 cm³/mol. The van der Waals surface area contributed by atoms with Gasteiger partial charge in [-0.05, 0) is 28.8 Å². The van der Waals surface area contributed by atoms with Gasteiger partial charge in [-0.25, -0.2) is 9.97 Å². The Morgan fingerprint density at radius 3 is 2.92 bits per heavy atom. The number of imidazole rings is 1. The van der Waals surface area contributed by atoms with E-state index in [1.165, 1.54) is 12.8 Å². The summed E-state index contributed by atoms with van der Waals surface area (Å²) in [5.74, 6) is 1.35. The number of ether oxygens (including phenoxy) is 1. The molecule has 0 bridgehead atoms. The third kappa shape index (κ3) is 2.52. The lowest BCUT2D eigenvalue weighted by Gasteiger charge is -2.45. The molecule has 25 heavy (non-hydrogen) atoms. The van der Waals surface area contributed by atoms with Crippen molar-refractivity contribution in [2.24, 2.45) is 0 Å². The van der Waals surface area contributed by atoms with Crippen molar-refractivity contribution in [3.63, 3.8) is 0 Å². The van der Waals surface area contributed by atoms with Crippen LogP contribution in [-0.4, -0.2) is 68.4 Å². The largest absolute Gasteiger partial charge is 0.382 e. The first kappa shape index (κ1) is 15.5. The SMILES string of the molecule is Nc1nccn2c([C@H]3CN4C(=O)CN(C5CC5)C[C@@H]4CO3)nc(Br)c12. The molecule has 1 amide bonds. The number of rotatable bonds is 2. The lowest BCUT2D eigenvalue weighted by molar-refractivity contribution is -0.156. The number of anilines is 1. The molecule has 8 nitrogen and oxygen atoms in total. The van der Waals surface area contributed by atoms with Gasteiger partial charge in [-0.15, -0.1) is 0 Å². The highest BCUT2D eigenvalue weighted by Crippen LogP contribution is 2.34. The Bertz CT molecular complexity index is 851. The summed E-state index contributed by atoms with van der Waals surface area (Å²) in [7, 11) is 0. The van der Waals surface area contributed by atoms with Crippen LogP contribution in [0.5, 0.6) is 0 Å². The molecule has 4 heterocycles. The van der Waals surface area contributed by atoms with Gasteiger partial charge < -0.3 is 15.4 Å². The van der Waals surface area contributed by atoms with Gasteiger partial charge in [0.25, 0.3) is 0 Å². The normalized spacial score (nSPS) is 27.7. The highest BCUT2D eigenvalue weighted by atomic mass is 79.9. The second-order valence-electron chi connectivity index (χ2n) is 6.97. The van der Waals surface area contributed by atoms with Crippen molar-refractivity contribution in [2.75, 3.05) is 32.0 Å². The molecule has 2 atom stereocenters. The second kappa shape index (κ2) is 5.65. The zero-order valence-electron chi connectivity index (χ0n) is 13.6. The number of hydrogen-bond acceptors (Lipinski definition) is 6. The number of hydrogen-bond donors (Lipinski definition) is 1. The summed E-state index contributed by atoms with van der Waals surface area (Å²) < 4.78 is 8.64. The Labute approximate surface area is 153 Å². The van der Waals surface area contributed by atoms with Gasteiger partial charge >= 0.3 is 0 Å². The molecule has 9 heteroatoms. The molecule has 2 aromatic rings. The van der Waals surface area contributed by atoms with E-state index in [1.807, 2.05) is 15.5 Å². The van der Waals surface area contributed by atoms with Crippen LogP contribution in [0.25, 0.3) is 5.52 Å².